The van der Waals surface area contributed by atoms with E-state index in [1.165, 1.54) is 0 Å². The van der Waals surface area contributed by atoms with Gasteiger partial charge in [-0.25, -0.2) is 9.67 Å². The van der Waals surface area contributed by atoms with E-state index in [0.717, 1.165) is 6.42 Å². The first-order chi connectivity index (χ1) is 7.77. The Kier molecular flexibility index (Phi) is 3.00. The average Bonchev–Trinajstić information content (AvgIpc) is 2.67. The van der Waals surface area contributed by atoms with Crippen LogP contribution < -0.4 is 11.3 Å². The second-order valence-corrected chi connectivity index (χ2v) is 3.64. The fourth-order valence-corrected chi connectivity index (χ4v) is 1.68. The van der Waals surface area contributed by atoms with Crippen LogP contribution in [0.3, 0.4) is 0 Å². The lowest BCUT2D eigenvalue weighted by atomic mass is 10.4. The number of hydrogen-bond donors (Lipinski definition) is 1. The molecule has 2 N–H and O–H groups in total. The molecule has 2 heterocycles. The van der Waals surface area contributed by atoms with E-state index in [1.54, 1.807) is 21.8 Å². The Morgan fingerprint density at radius 2 is 2.25 bits per heavy atom. The van der Waals surface area contributed by atoms with E-state index in [0.29, 0.717) is 30.7 Å². The molecule has 0 saturated carbocycles. The van der Waals surface area contributed by atoms with Crippen LogP contribution in [0, 0.1) is 0 Å². The third-order valence-electron chi connectivity index (χ3n) is 2.43. The molecular formula is C10H15N5O. The topological polar surface area (TPSA) is 78.7 Å². The van der Waals surface area contributed by atoms with Crippen molar-refractivity contribution in [2.75, 3.05) is 6.54 Å². The number of nitrogens with two attached hydrogens (primary N) is 1. The van der Waals surface area contributed by atoms with Crippen LogP contribution in [0.2, 0.25) is 0 Å². The Labute approximate surface area is 92.7 Å². The number of aryl methyl sites for hydroxylation is 1. The summed E-state index contributed by atoms with van der Waals surface area (Å²) >= 11 is 0. The van der Waals surface area contributed by atoms with Gasteiger partial charge in [0.1, 0.15) is 5.39 Å². The number of rotatable bonds is 4. The fourth-order valence-electron chi connectivity index (χ4n) is 1.68. The molecule has 0 aliphatic carbocycles. The van der Waals surface area contributed by atoms with Crippen molar-refractivity contribution in [1.29, 1.82) is 0 Å². The van der Waals surface area contributed by atoms with E-state index in [2.05, 4.69) is 10.1 Å². The van der Waals surface area contributed by atoms with E-state index in [9.17, 15) is 4.79 Å². The minimum absolute atomic E-state index is 0.0323. The predicted octanol–water partition coefficient (Wildman–Crippen LogP) is -0.0383. The van der Waals surface area contributed by atoms with Crippen molar-refractivity contribution in [3.8, 4) is 0 Å². The quantitative estimate of drug-likeness (QED) is 0.785. The molecule has 0 radical (unpaired) electrons. The fraction of sp³-hybridized carbons (Fsp3) is 0.500. The molecule has 0 amide bonds. The molecule has 0 atom stereocenters. The normalized spacial score (nSPS) is 11.1. The molecule has 0 aliphatic heterocycles. The molecule has 6 nitrogen and oxygen atoms in total. The molecule has 0 unspecified atom stereocenters. The zero-order valence-electron chi connectivity index (χ0n) is 9.26. The van der Waals surface area contributed by atoms with E-state index in [-0.39, 0.29) is 5.56 Å². The highest BCUT2D eigenvalue weighted by atomic mass is 16.1. The molecule has 2 rings (SSSR count). The van der Waals surface area contributed by atoms with E-state index < -0.39 is 0 Å². The predicted molar refractivity (Wildman–Crippen MR) is 61.1 cm³/mol. The molecule has 6 heteroatoms. The van der Waals surface area contributed by atoms with Crippen LogP contribution in [0.5, 0.6) is 0 Å². The Morgan fingerprint density at radius 3 is 2.94 bits per heavy atom. The lowest BCUT2D eigenvalue weighted by Crippen LogP contribution is -2.20. The summed E-state index contributed by atoms with van der Waals surface area (Å²) in [7, 11) is 0. The van der Waals surface area contributed by atoms with Gasteiger partial charge in [-0.3, -0.25) is 9.36 Å². The summed E-state index contributed by atoms with van der Waals surface area (Å²) < 4.78 is 3.27. The van der Waals surface area contributed by atoms with E-state index in [1.807, 2.05) is 6.92 Å². The van der Waals surface area contributed by atoms with Gasteiger partial charge in [-0.2, -0.15) is 5.10 Å². The first-order valence-electron chi connectivity index (χ1n) is 5.39. The van der Waals surface area contributed by atoms with Crippen molar-refractivity contribution in [2.24, 2.45) is 5.73 Å². The van der Waals surface area contributed by atoms with Gasteiger partial charge < -0.3 is 5.73 Å². The molecule has 0 spiro atoms. The van der Waals surface area contributed by atoms with Crippen LogP contribution in [0.1, 0.15) is 13.3 Å². The molecule has 0 saturated heterocycles. The second kappa shape index (κ2) is 4.44. The van der Waals surface area contributed by atoms with Crippen molar-refractivity contribution in [1.82, 2.24) is 19.3 Å². The zero-order valence-corrected chi connectivity index (χ0v) is 9.26. The lowest BCUT2D eigenvalue weighted by molar-refractivity contribution is 0.628. The summed E-state index contributed by atoms with van der Waals surface area (Å²) in [4.78, 5) is 16.2. The highest BCUT2D eigenvalue weighted by Crippen LogP contribution is 2.04. The first-order valence-corrected chi connectivity index (χ1v) is 5.39. The van der Waals surface area contributed by atoms with Crippen molar-refractivity contribution in [3.05, 3.63) is 22.9 Å². The van der Waals surface area contributed by atoms with Crippen LogP contribution in [0.4, 0.5) is 0 Å². The minimum atomic E-state index is -0.0323. The van der Waals surface area contributed by atoms with Gasteiger partial charge in [0.25, 0.3) is 5.56 Å². The molecule has 2 aromatic heterocycles. The van der Waals surface area contributed by atoms with Crippen LogP contribution in [-0.4, -0.2) is 25.9 Å². The van der Waals surface area contributed by atoms with Gasteiger partial charge in [0.05, 0.1) is 19.1 Å². The average molecular weight is 221 g/mol. The number of aromatic nitrogens is 4. The summed E-state index contributed by atoms with van der Waals surface area (Å²) in [5.74, 6) is 0. The number of nitrogens with zero attached hydrogens (tertiary/aromatic N) is 4. The monoisotopic (exact) mass is 221 g/mol. The van der Waals surface area contributed by atoms with Gasteiger partial charge in [-0.1, -0.05) is 6.92 Å². The van der Waals surface area contributed by atoms with Crippen LogP contribution >= 0.6 is 0 Å². The molecule has 16 heavy (non-hydrogen) atoms. The van der Waals surface area contributed by atoms with Crippen molar-refractivity contribution in [3.63, 3.8) is 0 Å². The molecule has 2 aromatic rings. The molecule has 0 fully saturated rings. The number of hydrogen-bond acceptors (Lipinski definition) is 4. The maximum Gasteiger partial charge on any atom is 0.264 e. The first kappa shape index (κ1) is 10.8. The Morgan fingerprint density at radius 1 is 1.44 bits per heavy atom. The van der Waals surface area contributed by atoms with Gasteiger partial charge in [0.2, 0.25) is 0 Å². The van der Waals surface area contributed by atoms with Crippen molar-refractivity contribution in [2.45, 2.75) is 26.4 Å². The van der Waals surface area contributed by atoms with Gasteiger partial charge in [0.15, 0.2) is 5.65 Å². The van der Waals surface area contributed by atoms with Crippen molar-refractivity contribution < 1.29 is 0 Å². The standard InChI is InChI=1S/C10H15N5O/c1-2-4-14-7-12-9-8(10(14)16)6-13-15(9)5-3-11/h6-7H,2-5,11H2,1H3. The van der Waals surface area contributed by atoms with Crippen LogP contribution in [0.25, 0.3) is 11.0 Å². The zero-order chi connectivity index (χ0) is 11.5. The third-order valence-corrected chi connectivity index (χ3v) is 2.43. The molecular weight excluding hydrogens is 206 g/mol. The van der Waals surface area contributed by atoms with Crippen LogP contribution in [0.15, 0.2) is 17.3 Å². The molecule has 86 valence electrons. The van der Waals surface area contributed by atoms with Gasteiger partial charge in [0, 0.05) is 13.1 Å². The van der Waals surface area contributed by atoms with Gasteiger partial charge in [-0.15, -0.1) is 0 Å². The minimum Gasteiger partial charge on any atom is -0.329 e. The number of fused-ring (bicyclic) bond motifs is 1. The largest absolute Gasteiger partial charge is 0.329 e. The highest BCUT2D eigenvalue weighted by molar-refractivity contribution is 5.72. The van der Waals surface area contributed by atoms with Gasteiger partial charge in [-0.05, 0) is 6.42 Å². The maximum atomic E-state index is 12.0. The second-order valence-electron chi connectivity index (χ2n) is 3.64. The van der Waals surface area contributed by atoms with E-state index >= 15 is 0 Å². The lowest BCUT2D eigenvalue weighted by Gasteiger charge is -2.03. The maximum absolute atomic E-state index is 12.0. The van der Waals surface area contributed by atoms with E-state index in [4.69, 9.17) is 5.73 Å². The highest BCUT2D eigenvalue weighted by Gasteiger charge is 2.08. The Balaban J connectivity index is 2.55. The Hall–Kier alpha value is -1.69. The molecule has 0 bridgehead atoms. The SMILES string of the molecule is CCCn1cnc2c(cnn2CCN)c1=O. The summed E-state index contributed by atoms with van der Waals surface area (Å²) in [5, 5.41) is 4.67. The summed E-state index contributed by atoms with van der Waals surface area (Å²) in [6.45, 7) is 3.77. The molecule has 0 aliphatic rings. The van der Waals surface area contributed by atoms with Gasteiger partial charge >= 0.3 is 0 Å². The summed E-state index contributed by atoms with van der Waals surface area (Å²) in [6, 6.07) is 0. The third kappa shape index (κ3) is 1.71. The molecule has 0 aromatic carbocycles. The smallest absolute Gasteiger partial charge is 0.264 e. The van der Waals surface area contributed by atoms with Crippen LogP contribution in [-0.2, 0) is 13.1 Å². The summed E-state index contributed by atoms with van der Waals surface area (Å²) in [5.41, 5.74) is 6.04. The summed E-state index contributed by atoms with van der Waals surface area (Å²) in [6.07, 6.45) is 4.04. The Bertz CT molecular complexity index is 542. The van der Waals surface area contributed by atoms with Crippen molar-refractivity contribution >= 4 is 11.0 Å².